The molecule has 1 N–H and O–H groups in total. The summed E-state index contributed by atoms with van der Waals surface area (Å²) >= 11 is 7.33. The lowest BCUT2D eigenvalue weighted by Crippen LogP contribution is -2.03. The molecule has 0 aliphatic heterocycles. The van der Waals surface area contributed by atoms with E-state index >= 15 is 0 Å². The fourth-order valence-electron chi connectivity index (χ4n) is 0.711. The van der Waals surface area contributed by atoms with E-state index in [4.69, 9.17) is 11.6 Å². The zero-order valence-electron chi connectivity index (χ0n) is 6.30. The Bertz CT molecular complexity index is 242. The fraction of sp³-hybridized carbons (Fsp3) is 0.250. The largest absolute Gasteiger partial charge is 0.316 e. The number of halogens is 1. The first kappa shape index (κ1) is 8.78. The van der Waals surface area contributed by atoms with Gasteiger partial charge in [-0.25, -0.2) is 0 Å². The van der Waals surface area contributed by atoms with Crippen molar-refractivity contribution in [2.45, 2.75) is 0 Å². The van der Waals surface area contributed by atoms with Gasteiger partial charge in [-0.15, -0.1) is 11.3 Å². The number of rotatable bonds is 3. The number of nitrogens with one attached hydrogen (secondary N) is 1. The van der Waals surface area contributed by atoms with Crippen molar-refractivity contribution in [1.82, 2.24) is 5.32 Å². The number of thiophene rings is 1. The maximum absolute atomic E-state index is 5.74. The lowest BCUT2D eigenvalue weighted by atomic mass is 10.4. The summed E-state index contributed by atoms with van der Waals surface area (Å²) in [6.45, 7) is 0.898. The number of hydrogen-bond donors (Lipinski definition) is 1. The third-order valence-corrected chi connectivity index (χ3v) is 2.39. The van der Waals surface area contributed by atoms with Gasteiger partial charge in [0, 0.05) is 11.4 Å². The van der Waals surface area contributed by atoms with E-state index in [0.29, 0.717) is 0 Å². The summed E-state index contributed by atoms with van der Waals surface area (Å²) in [5, 5.41) is 3.03. The summed E-state index contributed by atoms with van der Waals surface area (Å²) in [7, 11) is 1.92. The minimum atomic E-state index is 0.842. The van der Waals surface area contributed by atoms with E-state index in [1.165, 1.54) is 4.88 Å². The van der Waals surface area contributed by atoms with Crippen LogP contribution in [0.25, 0.3) is 6.08 Å². The van der Waals surface area contributed by atoms with Crippen LogP contribution >= 0.6 is 22.9 Å². The second-order valence-electron chi connectivity index (χ2n) is 2.10. The molecule has 0 atom stereocenters. The van der Waals surface area contributed by atoms with Gasteiger partial charge in [-0.2, -0.15) is 0 Å². The molecular weight excluding hydrogens is 178 g/mol. The molecule has 0 radical (unpaired) electrons. The Morgan fingerprint density at radius 3 is 3.00 bits per heavy atom. The minimum Gasteiger partial charge on any atom is -0.316 e. The van der Waals surface area contributed by atoms with Crippen LogP contribution in [0.3, 0.4) is 0 Å². The quantitative estimate of drug-likeness (QED) is 0.767. The molecule has 1 aromatic rings. The minimum absolute atomic E-state index is 0.842. The first-order valence-corrected chi connectivity index (χ1v) is 4.59. The van der Waals surface area contributed by atoms with Gasteiger partial charge in [0.25, 0.3) is 0 Å². The molecule has 0 unspecified atom stereocenters. The first-order valence-electron chi connectivity index (χ1n) is 3.39. The van der Waals surface area contributed by atoms with E-state index in [9.17, 15) is 0 Å². The fourth-order valence-corrected chi connectivity index (χ4v) is 1.70. The van der Waals surface area contributed by atoms with Crippen LogP contribution in [0, 0.1) is 0 Å². The van der Waals surface area contributed by atoms with Crippen molar-refractivity contribution in [3.05, 3.63) is 27.4 Å². The van der Waals surface area contributed by atoms with Crippen LogP contribution in [0.15, 0.2) is 18.2 Å². The van der Waals surface area contributed by atoms with Gasteiger partial charge in [0.2, 0.25) is 0 Å². The maximum atomic E-state index is 5.74. The second-order valence-corrected chi connectivity index (χ2v) is 3.85. The Morgan fingerprint density at radius 1 is 1.64 bits per heavy atom. The summed E-state index contributed by atoms with van der Waals surface area (Å²) < 4.78 is 0.842. The molecule has 0 spiro atoms. The molecule has 1 rings (SSSR count). The first-order chi connectivity index (χ1) is 5.33. The lowest BCUT2D eigenvalue weighted by Gasteiger charge is -1.86. The molecular formula is C8H10ClNS. The zero-order chi connectivity index (χ0) is 8.10. The number of hydrogen-bond acceptors (Lipinski definition) is 2. The Balaban J connectivity index is 2.50. The lowest BCUT2D eigenvalue weighted by molar-refractivity contribution is 0.922. The van der Waals surface area contributed by atoms with Gasteiger partial charge in [0.15, 0.2) is 0 Å². The van der Waals surface area contributed by atoms with Gasteiger partial charge in [0.1, 0.15) is 0 Å². The maximum Gasteiger partial charge on any atom is 0.0934 e. The number of likely N-dealkylation sites (N-methyl/N-ethyl adjacent to an activating group) is 1. The second kappa shape index (κ2) is 4.54. The SMILES string of the molecule is CNCC=Cc1ccc(Cl)s1. The molecule has 1 heterocycles. The Hall–Kier alpha value is -0.310. The monoisotopic (exact) mass is 187 g/mol. The van der Waals surface area contributed by atoms with Gasteiger partial charge in [-0.3, -0.25) is 0 Å². The van der Waals surface area contributed by atoms with Crippen LogP contribution in [0.2, 0.25) is 4.34 Å². The van der Waals surface area contributed by atoms with Crippen molar-refractivity contribution in [2.24, 2.45) is 0 Å². The third-order valence-electron chi connectivity index (χ3n) is 1.20. The van der Waals surface area contributed by atoms with Gasteiger partial charge >= 0.3 is 0 Å². The predicted octanol–water partition coefficient (Wildman–Crippen LogP) is 2.63. The van der Waals surface area contributed by atoms with Gasteiger partial charge in [-0.1, -0.05) is 17.7 Å². The molecule has 0 amide bonds. The molecule has 60 valence electrons. The van der Waals surface area contributed by atoms with Crippen molar-refractivity contribution < 1.29 is 0 Å². The molecule has 3 heteroatoms. The van der Waals surface area contributed by atoms with E-state index in [-0.39, 0.29) is 0 Å². The van der Waals surface area contributed by atoms with E-state index in [0.717, 1.165) is 10.9 Å². The summed E-state index contributed by atoms with van der Waals surface area (Å²) in [5.41, 5.74) is 0. The highest BCUT2D eigenvalue weighted by atomic mass is 35.5. The van der Waals surface area contributed by atoms with Crippen molar-refractivity contribution in [3.63, 3.8) is 0 Å². The summed E-state index contributed by atoms with van der Waals surface area (Å²) in [5.74, 6) is 0. The van der Waals surface area contributed by atoms with E-state index in [1.807, 2.05) is 19.2 Å². The Morgan fingerprint density at radius 2 is 2.45 bits per heavy atom. The van der Waals surface area contributed by atoms with E-state index in [1.54, 1.807) is 11.3 Å². The molecule has 0 bridgehead atoms. The highest BCUT2D eigenvalue weighted by Crippen LogP contribution is 2.22. The molecule has 11 heavy (non-hydrogen) atoms. The summed E-state index contributed by atoms with van der Waals surface area (Å²) in [4.78, 5) is 1.20. The molecule has 0 aliphatic rings. The molecule has 0 saturated heterocycles. The average Bonchev–Trinajstić information content (AvgIpc) is 2.37. The molecule has 0 fully saturated rings. The third kappa shape index (κ3) is 3.06. The smallest absolute Gasteiger partial charge is 0.0934 e. The van der Waals surface area contributed by atoms with E-state index < -0.39 is 0 Å². The highest BCUT2D eigenvalue weighted by Gasteiger charge is 1.90. The Labute approximate surface area is 75.7 Å². The highest BCUT2D eigenvalue weighted by molar-refractivity contribution is 7.16. The standard InChI is InChI=1S/C8H10ClNS/c1-10-6-2-3-7-4-5-8(9)11-7/h2-5,10H,6H2,1H3. The van der Waals surface area contributed by atoms with Crippen molar-refractivity contribution >= 4 is 29.0 Å². The van der Waals surface area contributed by atoms with Crippen molar-refractivity contribution in [2.75, 3.05) is 13.6 Å². The molecule has 0 aromatic carbocycles. The molecule has 1 aromatic heterocycles. The van der Waals surface area contributed by atoms with E-state index in [2.05, 4.69) is 17.5 Å². The van der Waals surface area contributed by atoms with Gasteiger partial charge in [-0.05, 0) is 25.3 Å². The van der Waals surface area contributed by atoms with Gasteiger partial charge in [0.05, 0.1) is 4.34 Å². The van der Waals surface area contributed by atoms with Crippen molar-refractivity contribution in [1.29, 1.82) is 0 Å². The summed E-state index contributed by atoms with van der Waals surface area (Å²) in [6.07, 6.45) is 4.13. The summed E-state index contributed by atoms with van der Waals surface area (Å²) in [6, 6.07) is 3.92. The van der Waals surface area contributed by atoms with Crippen LogP contribution in [0.5, 0.6) is 0 Å². The average molecular weight is 188 g/mol. The van der Waals surface area contributed by atoms with Crippen LogP contribution in [0.1, 0.15) is 4.88 Å². The van der Waals surface area contributed by atoms with Crippen LogP contribution in [-0.2, 0) is 0 Å². The van der Waals surface area contributed by atoms with Gasteiger partial charge < -0.3 is 5.32 Å². The van der Waals surface area contributed by atoms with Crippen molar-refractivity contribution in [3.8, 4) is 0 Å². The predicted molar refractivity (Wildman–Crippen MR) is 52.3 cm³/mol. The Kier molecular flexibility index (Phi) is 3.63. The normalized spacial score (nSPS) is 11.1. The van der Waals surface area contributed by atoms with Crippen LogP contribution in [0.4, 0.5) is 0 Å². The molecule has 0 aliphatic carbocycles. The van der Waals surface area contributed by atoms with Crippen LogP contribution in [-0.4, -0.2) is 13.6 Å². The van der Waals surface area contributed by atoms with Crippen LogP contribution < -0.4 is 5.32 Å². The topological polar surface area (TPSA) is 12.0 Å². The molecule has 0 saturated carbocycles. The molecule has 1 nitrogen and oxygen atoms in total. The zero-order valence-corrected chi connectivity index (χ0v) is 7.88.